The average molecular weight is 981 g/mol. The van der Waals surface area contributed by atoms with Gasteiger partial charge in [-0.2, -0.15) is 0 Å². The van der Waals surface area contributed by atoms with Crippen molar-refractivity contribution >= 4 is 45.2 Å². The monoisotopic (exact) mass is 981 g/mol. The van der Waals surface area contributed by atoms with Gasteiger partial charge in [0.1, 0.15) is 21.9 Å². The number of fused-ring (bicyclic) bond motifs is 2. The van der Waals surface area contributed by atoms with Gasteiger partial charge >= 0.3 is 5.97 Å². The summed E-state index contributed by atoms with van der Waals surface area (Å²) in [6, 6.07) is 6.02. The molecular weight excluding hydrogens is 905 g/mol. The summed E-state index contributed by atoms with van der Waals surface area (Å²) in [4.78, 5) is 38.6. The summed E-state index contributed by atoms with van der Waals surface area (Å²) in [5.41, 5.74) is 15.5. The number of aryl methyl sites for hydroxylation is 1. The highest BCUT2D eigenvalue weighted by Gasteiger charge is 2.57. The third-order valence-corrected chi connectivity index (χ3v) is 22.7. The van der Waals surface area contributed by atoms with Crippen LogP contribution in [-0.2, 0) is 33.7 Å². The van der Waals surface area contributed by atoms with E-state index in [9.17, 15) is 19.8 Å². The number of aromatic hydroxyl groups is 1. The van der Waals surface area contributed by atoms with Crippen molar-refractivity contribution in [3.8, 4) is 11.5 Å². The summed E-state index contributed by atoms with van der Waals surface area (Å²) in [6.45, 7) is 2.68. The van der Waals surface area contributed by atoms with Crippen LogP contribution >= 0.6 is 21.6 Å². The van der Waals surface area contributed by atoms with Crippen LogP contribution in [0.3, 0.4) is 0 Å². The Kier molecular flexibility index (Phi) is 13.0. The van der Waals surface area contributed by atoms with Crippen molar-refractivity contribution in [3.63, 3.8) is 0 Å². The Bertz CT molecular complexity index is 2350. The van der Waals surface area contributed by atoms with Gasteiger partial charge in [-0.15, -0.1) is 0 Å². The van der Waals surface area contributed by atoms with Gasteiger partial charge < -0.3 is 41.4 Å². The van der Waals surface area contributed by atoms with E-state index in [2.05, 4.69) is 28.5 Å². The van der Waals surface area contributed by atoms with E-state index < -0.39 is 22.7 Å². The molecule has 3 spiro atoms. The van der Waals surface area contributed by atoms with Gasteiger partial charge in [-0.05, 0) is 175 Å². The van der Waals surface area contributed by atoms with E-state index in [0.717, 1.165) is 80.2 Å². The largest absolute Gasteiger partial charge is 0.504 e. The molecule has 10 bridgehead atoms. The first-order valence-electron chi connectivity index (χ1n) is 26.8. The van der Waals surface area contributed by atoms with E-state index in [1.807, 2.05) is 38.6 Å². The highest BCUT2D eigenvalue weighted by molar-refractivity contribution is 8.77. The second kappa shape index (κ2) is 18.8. The van der Waals surface area contributed by atoms with Crippen LogP contribution in [0, 0.1) is 34.5 Å². The fourth-order valence-corrected chi connectivity index (χ4v) is 19.9. The number of nitrogens with two attached hydrogens (primary N) is 2. The number of allylic oxidation sites excluding steroid dienone is 1. The zero-order valence-electron chi connectivity index (χ0n) is 40.9. The number of ether oxygens (including phenoxy) is 2. The number of hydrogen-bond acceptors (Lipinski definition) is 13. The fourth-order valence-electron chi connectivity index (χ4n) is 15.9. The van der Waals surface area contributed by atoms with Crippen molar-refractivity contribution in [2.45, 2.75) is 189 Å². The summed E-state index contributed by atoms with van der Waals surface area (Å²) in [5, 5.41) is 28.5. The number of carbonyl (C=O) groups is 2. The van der Waals surface area contributed by atoms with Crippen LogP contribution in [0.25, 0.3) is 0 Å². The number of aliphatic imine (C=N–C) groups is 1. The van der Waals surface area contributed by atoms with Crippen LogP contribution in [0.1, 0.15) is 170 Å². The second-order valence-corrected chi connectivity index (χ2v) is 26.2. The molecule has 8 unspecified atom stereocenters. The third kappa shape index (κ3) is 9.05. The third-order valence-electron chi connectivity index (χ3n) is 19.3. The summed E-state index contributed by atoms with van der Waals surface area (Å²) in [6.07, 6.45) is 27.6. The summed E-state index contributed by atoms with van der Waals surface area (Å²) >= 11 is 0. The highest BCUT2D eigenvalue weighted by atomic mass is 33.1. The number of esters is 1. The number of guanidine groups is 1. The molecule has 6 aliphatic carbocycles. The number of benzene rings is 1. The normalized spacial score (nSPS) is 37.6. The molecule has 1 aromatic heterocycles. The lowest BCUT2D eigenvalue weighted by Gasteiger charge is -2.46. The van der Waals surface area contributed by atoms with Gasteiger partial charge in [0, 0.05) is 85.1 Å². The number of phenolic OH excluding ortho intramolecular Hbond substituents is 1. The molecule has 7 N–H and O–H groups in total. The van der Waals surface area contributed by atoms with Crippen LogP contribution in [0.2, 0.25) is 0 Å². The van der Waals surface area contributed by atoms with Crippen molar-refractivity contribution in [1.82, 2.24) is 15.2 Å². The molecule has 374 valence electrons. The number of aliphatic hydroxyl groups is 1. The molecule has 2 aromatic rings. The Hall–Kier alpha value is -3.62. The standard InChI is InChI=1S/C55H76N6O6S2/c1-35(62)66-53-20-11-39-27-41(48(65)49-47(39)40-12-22-54(67-49)18-4-6-42(54)28-40)32-61-34-51(31-46(61)64,29-37-14-24-58-45(56)26-37)23-25-59-50(57)60-55(19-5-17-52(55)15-2-3-16-52)69-68-33-36-7-9-38(10-8-36)43(13-21-53)44(63)30-53/h12,14,22,24,26-27,36,38,40,42-44,63,65H,2-11,13,15-21,23,25,28-34H2,1H3,(H2,56,58)(H3,57,59,60). The summed E-state index contributed by atoms with van der Waals surface area (Å²) < 4.78 is 13.5. The molecular formula is C55H76N6O6S2. The van der Waals surface area contributed by atoms with E-state index in [-0.39, 0.29) is 46.3 Å². The first-order chi connectivity index (χ1) is 33.3. The number of rotatable bonds is 3. The van der Waals surface area contributed by atoms with Crippen LogP contribution in [0.4, 0.5) is 5.82 Å². The molecule has 12 nitrogen and oxygen atoms in total. The molecule has 69 heavy (non-hydrogen) atoms. The number of nitrogens with zero attached hydrogens (tertiary/aromatic N) is 3. The van der Waals surface area contributed by atoms with Crippen molar-refractivity contribution in [2.75, 3.05) is 24.6 Å². The maximum atomic E-state index is 14.5. The minimum absolute atomic E-state index is 0.0347. The number of aliphatic hydroxyl groups excluding tert-OH is 1. The molecule has 14 rings (SSSR count). The van der Waals surface area contributed by atoms with E-state index in [0.29, 0.717) is 92.5 Å². The number of nitrogen functional groups attached to an aromatic ring is 1. The van der Waals surface area contributed by atoms with Gasteiger partial charge in [-0.25, -0.2) is 4.98 Å². The molecule has 1 saturated heterocycles. The summed E-state index contributed by atoms with van der Waals surface area (Å²) in [7, 11) is 4.07. The average Bonchev–Trinajstić information content (AvgIpc) is 4.07. The van der Waals surface area contributed by atoms with Crippen molar-refractivity contribution in [2.24, 2.45) is 45.2 Å². The molecule has 6 aliphatic heterocycles. The maximum absolute atomic E-state index is 14.5. The minimum atomic E-state index is -0.800. The predicted molar refractivity (Wildman–Crippen MR) is 274 cm³/mol. The first-order valence-corrected chi connectivity index (χ1v) is 29.1. The van der Waals surface area contributed by atoms with Gasteiger partial charge in [-0.3, -0.25) is 14.6 Å². The smallest absolute Gasteiger partial charge is 0.303 e. The number of hydrogen-bond donors (Lipinski definition) is 5. The Morgan fingerprint density at radius 2 is 1.81 bits per heavy atom. The van der Waals surface area contributed by atoms with E-state index >= 15 is 0 Å². The second-order valence-electron chi connectivity index (χ2n) is 23.5. The molecule has 1 aromatic carbocycles. The predicted octanol–water partition coefficient (Wildman–Crippen LogP) is 9.64. The number of phenols is 1. The molecule has 8 atom stereocenters. The fraction of sp³-hybridized carbons (Fsp3) is 0.709. The van der Waals surface area contributed by atoms with Crippen molar-refractivity contribution in [1.29, 1.82) is 0 Å². The number of amides is 1. The number of aromatic nitrogens is 1. The molecule has 14 heteroatoms. The Balaban J connectivity index is 0.953. The molecule has 0 radical (unpaired) electrons. The minimum Gasteiger partial charge on any atom is -0.504 e. The lowest BCUT2D eigenvalue weighted by atomic mass is 9.66. The van der Waals surface area contributed by atoms with Gasteiger partial charge in [0.2, 0.25) is 5.91 Å². The van der Waals surface area contributed by atoms with Crippen molar-refractivity contribution in [3.05, 3.63) is 58.8 Å². The molecule has 7 heterocycles. The lowest BCUT2D eigenvalue weighted by molar-refractivity contribution is -0.170. The zero-order valence-corrected chi connectivity index (χ0v) is 42.5. The SMILES string of the molecule is CC(=O)OC12CCc3cc(c(O)c4c3C3C=CC5(CCCC5C3)O4)CN3CC(Cc4ccnc(N)c4)(CCN=C(N)NC4(CCCC45CCCC5)SSCC4CCC(CC4)C(CC1)C(O)C2)CC3=O. The van der Waals surface area contributed by atoms with Gasteiger partial charge in [0.25, 0.3) is 0 Å². The van der Waals surface area contributed by atoms with E-state index in [4.69, 9.17) is 25.9 Å². The lowest BCUT2D eigenvalue weighted by Crippen LogP contribution is -2.55. The topological polar surface area (TPSA) is 186 Å². The quantitative estimate of drug-likeness (QED) is 0.112. The zero-order chi connectivity index (χ0) is 47.6. The Morgan fingerprint density at radius 1 is 0.986 bits per heavy atom. The maximum Gasteiger partial charge on any atom is 0.303 e. The number of anilines is 1. The van der Waals surface area contributed by atoms with Crippen molar-refractivity contribution < 1.29 is 29.3 Å². The Morgan fingerprint density at radius 3 is 2.61 bits per heavy atom. The van der Waals surface area contributed by atoms with Gasteiger partial charge in [-0.1, -0.05) is 40.5 Å². The Labute approximate surface area is 417 Å². The van der Waals surface area contributed by atoms with Crippen LogP contribution in [-0.4, -0.2) is 79.0 Å². The highest BCUT2D eigenvalue weighted by Crippen LogP contribution is 2.64. The van der Waals surface area contributed by atoms with Gasteiger partial charge in [0.15, 0.2) is 17.5 Å². The van der Waals surface area contributed by atoms with Crippen LogP contribution < -0.4 is 21.5 Å². The summed E-state index contributed by atoms with van der Waals surface area (Å²) in [5.74, 6) is 4.19. The molecule has 12 aliphatic rings. The van der Waals surface area contributed by atoms with E-state index in [1.165, 1.54) is 58.3 Å². The van der Waals surface area contributed by atoms with Crippen LogP contribution in [0.15, 0.2) is 41.5 Å². The molecule has 1 amide bonds. The first kappa shape index (κ1) is 47.7. The number of nitrogens with one attached hydrogen (secondary N) is 1. The van der Waals surface area contributed by atoms with E-state index in [1.54, 1.807) is 6.20 Å². The van der Waals surface area contributed by atoms with Crippen LogP contribution in [0.5, 0.6) is 11.5 Å². The van der Waals surface area contributed by atoms with Gasteiger partial charge in [0.05, 0.1) is 6.10 Å². The molecule has 6 fully saturated rings. The molecule has 5 saturated carbocycles. The number of carbonyl (C=O) groups excluding carboxylic acids is 2. The number of pyridine rings is 1.